The molecule has 0 spiro atoms. The van der Waals surface area contributed by atoms with Crippen LogP contribution in [0.5, 0.6) is 0 Å². The molecule has 0 radical (unpaired) electrons. The van der Waals surface area contributed by atoms with E-state index in [9.17, 15) is 14.4 Å². The highest BCUT2D eigenvalue weighted by molar-refractivity contribution is 9.10. The molecule has 0 aromatic heterocycles. The molecular formula is C22H16BrN3O3S2. The van der Waals surface area contributed by atoms with Crippen LogP contribution < -0.4 is 10.2 Å². The summed E-state index contributed by atoms with van der Waals surface area (Å²) in [7, 11) is 0. The smallest absolute Gasteiger partial charge is 0.267 e. The number of amides is 3. The van der Waals surface area contributed by atoms with Crippen LogP contribution in [0.1, 0.15) is 5.56 Å². The van der Waals surface area contributed by atoms with E-state index in [1.165, 1.54) is 9.80 Å². The van der Waals surface area contributed by atoms with Gasteiger partial charge in [0.25, 0.3) is 11.8 Å². The van der Waals surface area contributed by atoms with Crippen LogP contribution in [-0.4, -0.2) is 40.0 Å². The average molecular weight is 514 g/mol. The Kier molecular flexibility index (Phi) is 6.08. The van der Waals surface area contributed by atoms with Crippen molar-refractivity contribution in [1.82, 2.24) is 4.90 Å². The van der Waals surface area contributed by atoms with Crippen molar-refractivity contribution in [2.24, 2.45) is 0 Å². The van der Waals surface area contributed by atoms with Crippen molar-refractivity contribution >= 4 is 78.9 Å². The molecule has 2 aliphatic rings. The van der Waals surface area contributed by atoms with Gasteiger partial charge in [0.15, 0.2) is 0 Å². The first-order valence-electron chi connectivity index (χ1n) is 9.26. The van der Waals surface area contributed by atoms with E-state index in [1.54, 1.807) is 48.5 Å². The Labute approximate surface area is 197 Å². The molecule has 0 atom stereocenters. The van der Waals surface area contributed by atoms with E-state index in [2.05, 4.69) is 27.8 Å². The summed E-state index contributed by atoms with van der Waals surface area (Å²) in [6, 6.07) is 14.3. The number of halogens is 1. The number of fused-ring (bicyclic) bond motifs is 1. The molecule has 2 heterocycles. The summed E-state index contributed by atoms with van der Waals surface area (Å²) in [6.07, 6.45) is 1.58. The molecule has 156 valence electrons. The number of hydrogen-bond acceptors (Lipinski definition) is 5. The Morgan fingerprint density at radius 1 is 1.13 bits per heavy atom. The number of thioether (sulfide) groups is 1. The van der Waals surface area contributed by atoms with Crippen molar-refractivity contribution in [3.05, 3.63) is 76.1 Å². The maximum absolute atomic E-state index is 13.3. The molecule has 4 rings (SSSR count). The SMILES string of the molecule is C=CCN1C(=O)/C(=C2/C(=O)N(CC(=O)Nc3cccc(Br)c3)c3ccccc32)SC1=S. The molecule has 3 amide bonds. The third-order valence-corrected chi connectivity index (χ3v) is 6.66. The van der Waals surface area contributed by atoms with Gasteiger partial charge in [-0.15, -0.1) is 6.58 Å². The molecule has 0 saturated carbocycles. The van der Waals surface area contributed by atoms with Gasteiger partial charge in [-0.2, -0.15) is 0 Å². The summed E-state index contributed by atoms with van der Waals surface area (Å²) in [6.45, 7) is 3.74. The molecule has 0 aliphatic carbocycles. The fourth-order valence-electron chi connectivity index (χ4n) is 3.40. The quantitative estimate of drug-likeness (QED) is 0.368. The zero-order valence-corrected chi connectivity index (χ0v) is 19.4. The lowest BCUT2D eigenvalue weighted by Crippen LogP contribution is -2.35. The minimum absolute atomic E-state index is 0.182. The van der Waals surface area contributed by atoms with Gasteiger partial charge in [0.2, 0.25) is 5.91 Å². The first-order valence-corrected chi connectivity index (χ1v) is 11.3. The van der Waals surface area contributed by atoms with Crippen molar-refractivity contribution in [1.29, 1.82) is 0 Å². The number of thiocarbonyl (C=S) groups is 1. The second kappa shape index (κ2) is 8.78. The molecule has 9 heteroatoms. The third-order valence-electron chi connectivity index (χ3n) is 4.72. The Morgan fingerprint density at radius 2 is 1.90 bits per heavy atom. The van der Waals surface area contributed by atoms with Crippen LogP contribution in [0, 0.1) is 0 Å². The van der Waals surface area contributed by atoms with Gasteiger partial charge < -0.3 is 5.32 Å². The molecule has 1 N–H and O–H groups in total. The van der Waals surface area contributed by atoms with E-state index in [-0.39, 0.29) is 35.4 Å². The van der Waals surface area contributed by atoms with Gasteiger partial charge in [0, 0.05) is 22.3 Å². The largest absolute Gasteiger partial charge is 0.324 e. The lowest BCUT2D eigenvalue weighted by molar-refractivity contribution is -0.122. The fraction of sp³-hybridized carbons (Fsp3) is 0.0909. The monoisotopic (exact) mass is 513 g/mol. The van der Waals surface area contributed by atoms with E-state index in [0.29, 0.717) is 21.3 Å². The molecule has 0 unspecified atom stereocenters. The number of rotatable bonds is 5. The Hall–Kier alpha value is -2.75. The number of hydrogen-bond donors (Lipinski definition) is 1. The van der Waals surface area contributed by atoms with E-state index in [4.69, 9.17) is 12.2 Å². The van der Waals surface area contributed by atoms with E-state index in [1.807, 2.05) is 6.07 Å². The normalized spacial score (nSPS) is 17.9. The second-order valence-corrected chi connectivity index (χ2v) is 9.30. The van der Waals surface area contributed by atoms with Crippen LogP contribution in [0.15, 0.2) is 70.6 Å². The number of anilines is 2. The van der Waals surface area contributed by atoms with E-state index in [0.717, 1.165) is 16.2 Å². The van der Waals surface area contributed by atoms with Gasteiger partial charge in [-0.3, -0.25) is 24.2 Å². The maximum Gasteiger partial charge on any atom is 0.267 e. The summed E-state index contributed by atoms with van der Waals surface area (Å²) in [5.74, 6) is -1.07. The average Bonchev–Trinajstić information content (AvgIpc) is 3.16. The van der Waals surface area contributed by atoms with E-state index >= 15 is 0 Å². The molecule has 1 saturated heterocycles. The molecule has 31 heavy (non-hydrogen) atoms. The summed E-state index contributed by atoms with van der Waals surface area (Å²) in [5, 5.41) is 2.79. The van der Waals surface area contributed by atoms with Crippen LogP contribution in [-0.2, 0) is 14.4 Å². The molecule has 0 bridgehead atoms. The summed E-state index contributed by atoms with van der Waals surface area (Å²) < 4.78 is 1.21. The van der Waals surface area contributed by atoms with Crippen molar-refractivity contribution in [2.45, 2.75) is 0 Å². The molecule has 2 aromatic carbocycles. The van der Waals surface area contributed by atoms with Crippen LogP contribution in [0.25, 0.3) is 5.57 Å². The highest BCUT2D eigenvalue weighted by Gasteiger charge is 2.42. The first kappa shape index (κ1) is 21.5. The zero-order chi connectivity index (χ0) is 22.1. The highest BCUT2D eigenvalue weighted by Crippen LogP contribution is 2.44. The minimum atomic E-state index is -0.398. The van der Waals surface area contributed by atoms with E-state index < -0.39 is 5.91 Å². The number of carbonyl (C=O) groups is 3. The van der Waals surface area contributed by atoms with Crippen LogP contribution in [0.2, 0.25) is 0 Å². The van der Waals surface area contributed by atoms with Crippen molar-refractivity contribution in [3.8, 4) is 0 Å². The summed E-state index contributed by atoms with van der Waals surface area (Å²) >= 11 is 9.77. The number of carbonyl (C=O) groups excluding carboxylic acids is 3. The maximum atomic E-state index is 13.3. The molecule has 1 fully saturated rings. The van der Waals surface area contributed by atoms with Gasteiger partial charge in [-0.05, 0) is 24.3 Å². The van der Waals surface area contributed by atoms with Crippen LogP contribution >= 0.6 is 39.9 Å². The first-order chi connectivity index (χ1) is 14.9. The van der Waals surface area contributed by atoms with Crippen molar-refractivity contribution in [2.75, 3.05) is 23.3 Å². The van der Waals surface area contributed by atoms with Crippen LogP contribution in [0.3, 0.4) is 0 Å². The lowest BCUT2D eigenvalue weighted by Gasteiger charge is -2.17. The summed E-state index contributed by atoms with van der Waals surface area (Å²) in [5.41, 5.74) is 2.09. The molecule has 6 nitrogen and oxygen atoms in total. The predicted molar refractivity (Wildman–Crippen MR) is 131 cm³/mol. The topological polar surface area (TPSA) is 69.7 Å². The van der Waals surface area contributed by atoms with Crippen LogP contribution in [0.4, 0.5) is 11.4 Å². The fourth-order valence-corrected chi connectivity index (χ4v) is 5.15. The molecule has 2 aliphatic heterocycles. The Morgan fingerprint density at radius 3 is 2.65 bits per heavy atom. The highest BCUT2D eigenvalue weighted by atomic mass is 79.9. The number of nitrogens with one attached hydrogen (secondary N) is 1. The van der Waals surface area contributed by atoms with Gasteiger partial charge in [-0.25, -0.2) is 0 Å². The van der Waals surface area contributed by atoms with Gasteiger partial charge >= 0.3 is 0 Å². The number of nitrogens with zero attached hydrogens (tertiary/aromatic N) is 2. The summed E-state index contributed by atoms with van der Waals surface area (Å²) in [4.78, 5) is 42.0. The van der Waals surface area contributed by atoms with Crippen molar-refractivity contribution in [3.63, 3.8) is 0 Å². The van der Waals surface area contributed by atoms with Crippen molar-refractivity contribution < 1.29 is 14.4 Å². The molecule has 2 aromatic rings. The third kappa shape index (κ3) is 4.08. The Balaban J connectivity index is 1.65. The second-order valence-electron chi connectivity index (χ2n) is 6.74. The number of benzene rings is 2. The molecular weight excluding hydrogens is 498 g/mol. The zero-order valence-electron chi connectivity index (χ0n) is 16.1. The standard InChI is InChI=1S/C22H16BrN3O3S2/c1-2-10-25-21(29)19(31-22(25)30)18-15-8-3-4-9-16(15)26(20(18)28)12-17(27)24-14-7-5-6-13(23)11-14/h2-9,11H,1,10,12H2,(H,24,27)/b19-18-. The Bertz CT molecular complexity index is 1180. The lowest BCUT2D eigenvalue weighted by atomic mass is 10.1. The van der Waals surface area contributed by atoms with Gasteiger partial charge in [0.1, 0.15) is 10.9 Å². The van der Waals surface area contributed by atoms with Gasteiger partial charge in [-0.1, -0.05) is 70.3 Å². The predicted octanol–water partition coefficient (Wildman–Crippen LogP) is 4.19. The minimum Gasteiger partial charge on any atom is -0.324 e. The van der Waals surface area contributed by atoms with Gasteiger partial charge in [0.05, 0.1) is 16.2 Å². The number of para-hydroxylation sites is 1.